The Hall–Kier alpha value is -1.84. The monoisotopic (exact) mass is 423 g/mol. The van der Waals surface area contributed by atoms with Gasteiger partial charge in [0.1, 0.15) is 6.17 Å². The van der Waals surface area contributed by atoms with E-state index in [1.165, 1.54) is 11.1 Å². The second kappa shape index (κ2) is 10.7. The van der Waals surface area contributed by atoms with E-state index in [-0.39, 0.29) is 22.7 Å². The number of rotatable bonds is 6. The molecule has 1 unspecified atom stereocenters. The zero-order chi connectivity index (χ0) is 23.2. The number of amides is 1. The van der Waals surface area contributed by atoms with Crippen molar-refractivity contribution >= 4 is 13.8 Å². The molecule has 2 rings (SSSR count). The van der Waals surface area contributed by atoms with Gasteiger partial charge in [-0.1, -0.05) is 68.7 Å². The summed E-state index contributed by atoms with van der Waals surface area (Å²) in [5.74, 6) is -0.100. The van der Waals surface area contributed by atoms with E-state index < -0.39 is 6.17 Å². The average molecular weight is 423 g/mol. The molecule has 0 aromatic rings. The molecule has 2 radical (unpaired) electrons. The van der Waals surface area contributed by atoms with Crippen molar-refractivity contribution in [2.24, 2.45) is 5.41 Å². The minimum absolute atomic E-state index is 0.0944. The topological polar surface area (TPSA) is 29.1 Å². The molecule has 31 heavy (non-hydrogen) atoms. The Morgan fingerprint density at radius 1 is 1.06 bits per heavy atom. The SMILES string of the molecule is [B]C1(C)CCC(C)(C)C(/C=C/C(C)=C/C=C/C(C)=C/C(=O)NC2CCC(F)CC2)=C1C. The minimum atomic E-state index is -0.707. The van der Waals surface area contributed by atoms with Gasteiger partial charge >= 0.3 is 0 Å². The fourth-order valence-electron chi connectivity index (χ4n) is 4.38. The molecule has 4 heteroatoms. The van der Waals surface area contributed by atoms with Crippen LogP contribution in [0, 0.1) is 5.41 Å². The van der Waals surface area contributed by atoms with Crippen LogP contribution >= 0.6 is 0 Å². The number of allylic oxidation sites excluding steroid dienone is 9. The van der Waals surface area contributed by atoms with Gasteiger partial charge in [0.05, 0.1) is 7.85 Å². The molecule has 1 amide bonds. The molecule has 2 nitrogen and oxygen atoms in total. The molecule has 0 saturated heterocycles. The molecule has 168 valence electrons. The van der Waals surface area contributed by atoms with Crippen LogP contribution in [0.2, 0.25) is 5.31 Å². The highest BCUT2D eigenvalue weighted by molar-refractivity contribution is 6.17. The Morgan fingerprint density at radius 3 is 2.35 bits per heavy atom. The fourth-order valence-corrected chi connectivity index (χ4v) is 4.38. The van der Waals surface area contributed by atoms with Crippen LogP contribution < -0.4 is 5.32 Å². The maximum absolute atomic E-state index is 13.2. The third-order valence-corrected chi connectivity index (χ3v) is 6.85. The van der Waals surface area contributed by atoms with E-state index in [2.05, 4.69) is 52.1 Å². The van der Waals surface area contributed by atoms with Crippen molar-refractivity contribution in [1.29, 1.82) is 0 Å². The van der Waals surface area contributed by atoms with Gasteiger partial charge < -0.3 is 5.32 Å². The predicted molar refractivity (Wildman–Crippen MR) is 131 cm³/mol. The highest BCUT2D eigenvalue weighted by Gasteiger charge is 2.35. The van der Waals surface area contributed by atoms with Crippen molar-refractivity contribution in [3.05, 3.63) is 58.7 Å². The number of halogens is 1. The van der Waals surface area contributed by atoms with Crippen LogP contribution in [0.1, 0.15) is 80.1 Å². The first kappa shape index (κ1) is 25.4. The summed E-state index contributed by atoms with van der Waals surface area (Å²) < 4.78 is 13.2. The average Bonchev–Trinajstić information content (AvgIpc) is 2.67. The zero-order valence-electron chi connectivity index (χ0n) is 20.2. The van der Waals surface area contributed by atoms with Crippen molar-refractivity contribution in [3.63, 3.8) is 0 Å². The quantitative estimate of drug-likeness (QED) is 0.282. The molecular weight excluding hydrogens is 384 g/mol. The van der Waals surface area contributed by atoms with Crippen molar-refractivity contribution < 1.29 is 9.18 Å². The fraction of sp³-hybridized carbons (Fsp3) is 0.593. The Labute approximate surface area is 190 Å². The van der Waals surface area contributed by atoms with E-state index in [1.54, 1.807) is 6.08 Å². The number of carbonyl (C=O) groups excluding carboxylic acids is 1. The summed E-state index contributed by atoms with van der Waals surface area (Å²) in [6.45, 7) is 12.8. The number of hydrogen-bond acceptors (Lipinski definition) is 1. The Bertz CT molecular complexity index is 805. The Morgan fingerprint density at radius 2 is 1.71 bits per heavy atom. The number of alkyl halides is 1. The molecule has 1 saturated carbocycles. The van der Waals surface area contributed by atoms with Gasteiger partial charge in [0, 0.05) is 12.1 Å². The Kier molecular flexibility index (Phi) is 8.74. The maximum Gasteiger partial charge on any atom is 0.244 e. The highest BCUT2D eigenvalue weighted by atomic mass is 19.1. The van der Waals surface area contributed by atoms with Gasteiger partial charge in [-0.05, 0) is 74.8 Å². The van der Waals surface area contributed by atoms with Crippen LogP contribution in [-0.4, -0.2) is 26.0 Å². The lowest BCUT2D eigenvalue weighted by atomic mass is 9.54. The van der Waals surface area contributed by atoms with Crippen molar-refractivity contribution in [1.82, 2.24) is 5.32 Å². The predicted octanol–water partition coefficient (Wildman–Crippen LogP) is 6.87. The molecule has 2 aliphatic carbocycles. The highest BCUT2D eigenvalue weighted by Crippen LogP contribution is 2.51. The molecule has 0 heterocycles. The van der Waals surface area contributed by atoms with Crippen molar-refractivity contribution in [2.45, 2.75) is 97.6 Å². The molecule has 0 aromatic carbocycles. The third kappa shape index (κ3) is 7.66. The molecule has 1 atom stereocenters. The number of nitrogens with one attached hydrogen (secondary N) is 1. The molecule has 1 fully saturated rings. The van der Waals surface area contributed by atoms with Gasteiger partial charge in [0.25, 0.3) is 0 Å². The smallest absolute Gasteiger partial charge is 0.244 e. The van der Waals surface area contributed by atoms with E-state index in [1.807, 2.05) is 25.2 Å². The van der Waals surface area contributed by atoms with Gasteiger partial charge in [-0.15, -0.1) is 0 Å². The van der Waals surface area contributed by atoms with Gasteiger partial charge in [-0.25, -0.2) is 4.39 Å². The van der Waals surface area contributed by atoms with Crippen LogP contribution in [0.5, 0.6) is 0 Å². The largest absolute Gasteiger partial charge is 0.350 e. The van der Waals surface area contributed by atoms with Crippen LogP contribution in [0.3, 0.4) is 0 Å². The van der Waals surface area contributed by atoms with Crippen LogP contribution in [0.4, 0.5) is 4.39 Å². The first-order valence-corrected chi connectivity index (χ1v) is 11.6. The molecular formula is C27H39BFNO. The van der Waals surface area contributed by atoms with Crippen LogP contribution in [0.25, 0.3) is 0 Å². The second-order valence-electron chi connectivity index (χ2n) is 10.3. The van der Waals surface area contributed by atoms with Crippen LogP contribution in [-0.2, 0) is 4.79 Å². The van der Waals surface area contributed by atoms with Gasteiger partial charge in [0.2, 0.25) is 5.91 Å². The summed E-state index contributed by atoms with van der Waals surface area (Å²) in [5, 5.41) is 2.75. The third-order valence-electron chi connectivity index (χ3n) is 6.85. The lowest BCUT2D eigenvalue weighted by molar-refractivity contribution is -0.117. The summed E-state index contributed by atoms with van der Waals surface area (Å²) in [7, 11) is 6.48. The van der Waals surface area contributed by atoms with Gasteiger partial charge in [-0.3, -0.25) is 4.79 Å². The second-order valence-corrected chi connectivity index (χ2v) is 10.3. The molecule has 0 bridgehead atoms. The standard InChI is InChI=1S/C27H39BFNO/c1-19(10-15-24-21(3)27(6,28)17-16-26(24,4)5)8-7-9-20(2)18-25(31)30-23-13-11-22(29)12-14-23/h7-10,15,18,22-23H,11-14,16-17H2,1-6H3,(H,30,31)/b9-7+,15-10+,19-8+,20-18+. The lowest BCUT2D eigenvalue weighted by Gasteiger charge is -2.42. The summed E-state index contributed by atoms with van der Waals surface area (Å²) in [6.07, 6.45) is 15.8. The lowest BCUT2D eigenvalue weighted by Crippen LogP contribution is -2.37. The number of hydrogen-bond donors (Lipinski definition) is 1. The molecule has 0 aliphatic heterocycles. The summed E-state index contributed by atoms with van der Waals surface area (Å²) in [6, 6.07) is 0.0944. The van der Waals surface area contributed by atoms with E-state index >= 15 is 0 Å². The van der Waals surface area contributed by atoms with E-state index in [0.29, 0.717) is 12.8 Å². The zero-order valence-corrected chi connectivity index (χ0v) is 20.2. The van der Waals surface area contributed by atoms with E-state index in [4.69, 9.17) is 7.85 Å². The van der Waals surface area contributed by atoms with Gasteiger partial charge in [-0.2, -0.15) is 0 Å². The molecule has 0 spiro atoms. The van der Waals surface area contributed by atoms with Gasteiger partial charge in [0.15, 0.2) is 0 Å². The van der Waals surface area contributed by atoms with Crippen molar-refractivity contribution in [3.8, 4) is 0 Å². The normalized spacial score (nSPS) is 30.3. The van der Waals surface area contributed by atoms with E-state index in [0.717, 1.165) is 36.8 Å². The first-order chi connectivity index (χ1) is 14.4. The maximum atomic E-state index is 13.2. The first-order valence-electron chi connectivity index (χ1n) is 11.6. The van der Waals surface area contributed by atoms with Crippen LogP contribution in [0.15, 0.2) is 58.7 Å². The summed E-state index contributed by atoms with van der Waals surface area (Å²) >= 11 is 0. The van der Waals surface area contributed by atoms with E-state index in [9.17, 15) is 9.18 Å². The summed E-state index contributed by atoms with van der Waals surface area (Å²) in [5.41, 5.74) is 4.75. The number of carbonyl (C=O) groups is 1. The summed E-state index contributed by atoms with van der Waals surface area (Å²) in [4.78, 5) is 12.2. The van der Waals surface area contributed by atoms with Crippen molar-refractivity contribution in [2.75, 3.05) is 0 Å². The Balaban J connectivity index is 1.96. The molecule has 0 aromatic heterocycles. The molecule has 2 aliphatic rings. The molecule has 1 N–H and O–H groups in total. The minimum Gasteiger partial charge on any atom is -0.350 e.